The largest absolute Gasteiger partial charge is 0.467 e. The van der Waals surface area contributed by atoms with Crippen LogP contribution in [0.15, 0.2) is 18.2 Å². The molecule has 8 rings (SSSR count). The molecule has 4 unspecified atom stereocenters. The number of ether oxygens (including phenoxy) is 1. The van der Waals surface area contributed by atoms with Crippen LogP contribution in [0.25, 0.3) is 32.1 Å². The molecule has 4 aliphatic heterocycles. The van der Waals surface area contributed by atoms with Crippen molar-refractivity contribution in [3.05, 3.63) is 41.0 Å². The highest BCUT2D eigenvalue weighted by atomic mass is 32.1. The van der Waals surface area contributed by atoms with E-state index in [1.165, 1.54) is 24.9 Å². The molecule has 0 saturated carbocycles. The summed E-state index contributed by atoms with van der Waals surface area (Å²) in [5.74, 6) is -2.15. The maximum absolute atomic E-state index is 15.9. The Hall–Kier alpha value is -4.70. The summed E-state index contributed by atoms with van der Waals surface area (Å²) in [6.45, 7) is 5.11. The molecule has 4 aromatic rings. The fourth-order valence-electron chi connectivity index (χ4n) is 7.61. The Balaban J connectivity index is 0.000000186. The first-order chi connectivity index (χ1) is 26.7. The van der Waals surface area contributed by atoms with E-state index >= 15 is 4.39 Å². The zero-order valence-corrected chi connectivity index (χ0v) is 31.4. The summed E-state index contributed by atoms with van der Waals surface area (Å²) in [6, 6.07) is 4.55. The standard InChI is InChI=1S/C21H14F5N5OS.C9H14F2N2O.C7H12FN/c1-3-29-19-9-6-11(21(24,25)26)14(15(23)16(9)30-20(31-19)32-2)8-4-5-12(22)17-13(8)10(7-27)18(28)33-17;10-7-5-13(6-8(7)11)9(14)12-3-1-2-4-12;8-6-4-7-2-1-3-9(7)5-6/h4-6H,3,28H2,1-2H3,(H,29,30,31);7-8H,1-6H2;6-7H,1-5H2. The van der Waals surface area contributed by atoms with Gasteiger partial charge < -0.3 is 25.6 Å². The van der Waals surface area contributed by atoms with E-state index in [0.717, 1.165) is 57.1 Å². The number of fused-ring (bicyclic) bond motifs is 3. The summed E-state index contributed by atoms with van der Waals surface area (Å²) in [7, 11) is 1.23. The number of nitrogens with zero attached hydrogens (tertiary/aromatic N) is 6. The van der Waals surface area contributed by atoms with Crippen LogP contribution in [0, 0.1) is 23.0 Å². The van der Waals surface area contributed by atoms with Crippen molar-refractivity contribution >= 4 is 49.2 Å². The average molecular weight is 813 g/mol. The molecule has 2 aromatic carbocycles. The lowest BCUT2D eigenvalue weighted by atomic mass is 9.92. The zero-order valence-electron chi connectivity index (χ0n) is 30.5. The number of nitriles is 1. The summed E-state index contributed by atoms with van der Waals surface area (Å²) >= 11 is 0.698. The van der Waals surface area contributed by atoms with Gasteiger partial charge >= 0.3 is 18.2 Å². The Kier molecular flexibility index (Phi) is 12.3. The molecule has 0 radical (unpaired) electrons. The quantitative estimate of drug-likeness (QED) is 0.199. The predicted molar refractivity (Wildman–Crippen MR) is 197 cm³/mol. The third-order valence-corrected chi connectivity index (χ3v) is 11.3. The van der Waals surface area contributed by atoms with Gasteiger partial charge in [-0.1, -0.05) is 6.07 Å². The van der Waals surface area contributed by atoms with Gasteiger partial charge in [0.1, 0.15) is 34.4 Å². The number of thiophene rings is 1. The molecule has 4 saturated heterocycles. The number of urea groups is 1. The number of anilines is 2. The first-order valence-corrected chi connectivity index (χ1v) is 19.0. The van der Waals surface area contributed by atoms with Crippen LogP contribution in [-0.4, -0.2) is 108 Å². The predicted octanol–water partition coefficient (Wildman–Crippen LogP) is 8.09. The minimum atomic E-state index is -5.00. The molecule has 6 heterocycles. The number of benzene rings is 2. The van der Waals surface area contributed by atoms with Crippen molar-refractivity contribution < 1.29 is 44.7 Å². The SMILES string of the molecule is CCNc1nc(OC)nc2c(F)c(-c3ccc(F)c4sc(N)c(C#N)c34)c(C(F)(F)F)cc12.FC1CC2CCCN2C1.O=C(N1CCCC1)N1CC(F)C(F)C1. The zero-order chi connectivity index (χ0) is 40.5. The van der Waals surface area contributed by atoms with Crippen LogP contribution in [0.2, 0.25) is 0 Å². The molecule has 2 amide bonds. The van der Waals surface area contributed by atoms with Crippen molar-refractivity contribution in [2.45, 2.75) is 69.8 Å². The highest BCUT2D eigenvalue weighted by Gasteiger charge is 2.39. The summed E-state index contributed by atoms with van der Waals surface area (Å²) in [6.07, 6.45) is -3.19. The van der Waals surface area contributed by atoms with Crippen molar-refractivity contribution in [3.63, 3.8) is 0 Å². The third kappa shape index (κ3) is 8.22. The van der Waals surface area contributed by atoms with Crippen LogP contribution in [0.5, 0.6) is 6.01 Å². The molecule has 0 bridgehead atoms. The molecule has 19 heteroatoms. The number of halogens is 8. The summed E-state index contributed by atoms with van der Waals surface area (Å²) in [5.41, 5.74) is 2.59. The number of likely N-dealkylation sites (tertiary alicyclic amines) is 2. The normalized spacial score (nSPS) is 22.1. The number of nitrogens with one attached hydrogen (secondary N) is 1. The van der Waals surface area contributed by atoms with Crippen LogP contribution < -0.4 is 15.8 Å². The van der Waals surface area contributed by atoms with Crippen molar-refractivity contribution in [3.8, 4) is 23.2 Å². The number of carbonyl (C=O) groups is 1. The lowest BCUT2D eigenvalue weighted by Crippen LogP contribution is -2.40. The van der Waals surface area contributed by atoms with Gasteiger partial charge in [-0.25, -0.2) is 26.7 Å². The molecular formula is C37H40F8N8O2S. The highest BCUT2D eigenvalue weighted by molar-refractivity contribution is 7.23. The number of hydrogen-bond acceptors (Lipinski definition) is 9. The van der Waals surface area contributed by atoms with Crippen LogP contribution in [0.3, 0.4) is 0 Å². The number of alkyl halides is 6. The van der Waals surface area contributed by atoms with E-state index in [4.69, 9.17) is 10.5 Å². The van der Waals surface area contributed by atoms with Gasteiger partial charge in [0.05, 0.1) is 36.0 Å². The molecule has 3 N–H and O–H groups in total. The van der Waals surface area contributed by atoms with E-state index in [0.29, 0.717) is 23.9 Å². The Morgan fingerprint density at radius 1 is 1.05 bits per heavy atom. The molecular weight excluding hydrogens is 773 g/mol. The number of carbonyl (C=O) groups excluding carboxylic acids is 1. The molecule has 0 spiro atoms. The van der Waals surface area contributed by atoms with Gasteiger partial charge in [-0.15, -0.1) is 11.3 Å². The third-order valence-electron chi connectivity index (χ3n) is 10.2. The minimum Gasteiger partial charge on any atom is -0.467 e. The van der Waals surface area contributed by atoms with Crippen LogP contribution in [-0.2, 0) is 6.18 Å². The van der Waals surface area contributed by atoms with Gasteiger partial charge in [-0.05, 0) is 63.3 Å². The smallest absolute Gasteiger partial charge is 0.417 e. The number of nitrogens with two attached hydrogens (primary N) is 1. The van der Waals surface area contributed by atoms with Crippen LogP contribution in [0.1, 0.15) is 50.2 Å². The molecule has 4 atom stereocenters. The van der Waals surface area contributed by atoms with E-state index in [1.807, 2.05) is 0 Å². The first kappa shape index (κ1) is 40.9. The first-order valence-electron chi connectivity index (χ1n) is 18.2. The number of hydrogen-bond donors (Lipinski definition) is 2. The number of amides is 2. The van der Waals surface area contributed by atoms with Gasteiger partial charge in [-0.2, -0.15) is 28.4 Å². The van der Waals surface area contributed by atoms with Crippen molar-refractivity contribution in [1.82, 2.24) is 24.7 Å². The second kappa shape index (κ2) is 16.8. The Morgan fingerprint density at radius 3 is 2.36 bits per heavy atom. The average Bonchev–Trinajstić information content (AvgIpc) is 4.00. The van der Waals surface area contributed by atoms with Crippen LogP contribution in [0.4, 0.5) is 50.7 Å². The maximum atomic E-state index is 15.9. The number of nitrogen functional groups attached to an aromatic ring is 1. The van der Waals surface area contributed by atoms with Gasteiger partial charge in [0.2, 0.25) is 0 Å². The summed E-state index contributed by atoms with van der Waals surface area (Å²) in [4.78, 5) is 24.8. The van der Waals surface area contributed by atoms with Crippen LogP contribution >= 0.6 is 11.3 Å². The number of aromatic nitrogens is 2. The second-order valence-electron chi connectivity index (χ2n) is 13.9. The Morgan fingerprint density at radius 2 is 1.75 bits per heavy atom. The molecule has 302 valence electrons. The monoisotopic (exact) mass is 812 g/mol. The summed E-state index contributed by atoms with van der Waals surface area (Å²) in [5, 5.41) is 11.8. The minimum absolute atomic E-state index is 0.0444. The van der Waals surface area contributed by atoms with Crippen molar-refractivity contribution in [2.24, 2.45) is 0 Å². The number of rotatable bonds is 4. The van der Waals surface area contributed by atoms with E-state index in [9.17, 15) is 40.8 Å². The summed E-state index contributed by atoms with van der Waals surface area (Å²) < 4.78 is 116. The molecule has 56 heavy (non-hydrogen) atoms. The fraction of sp³-hybridized carbons (Fsp3) is 0.514. The Bertz CT molecular complexity index is 2100. The molecule has 4 aliphatic rings. The fourth-order valence-corrected chi connectivity index (χ4v) is 8.56. The van der Waals surface area contributed by atoms with Gasteiger partial charge in [0, 0.05) is 48.6 Å². The van der Waals surface area contributed by atoms with Crippen molar-refractivity contribution in [1.29, 1.82) is 5.26 Å². The second-order valence-corrected chi connectivity index (χ2v) is 14.9. The lowest BCUT2D eigenvalue weighted by molar-refractivity contribution is -0.137. The van der Waals surface area contributed by atoms with E-state index in [-0.39, 0.29) is 69.1 Å². The molecule has 0 aliphatic carbocycles. The lowest BCUT2D eigenvalue weighted by Gasteiger charge is -2.23. The van der Waals surface area contributed by atoms with E-state index < -0.39 is 53.0 Å². The molecule has 10 nitrogen and oxygen atoms in total. The maximum Gasteiger partial charge on any atom is 0.417 e. The molecule has 2 aromatic heterocycles. The van der Waals surface area contributed by atoms with Gasteiger partial charge in [0.25, 0.3) is 0 Å². The van der Waals surface area contributed by atoms with Crippen molar-refractivity contribution in [2.75, 3.05) is 64.0 Å². The number of methoxy groups -OCH3 is 1. The van der Waals surface area contributed by atoms with Gasteiger partial charge in [-0.3, -0.25) is 4.90 Å². The van der Waals surface area contributed by atoms with E-state index in [2.05, 4.69) is 20.2 Å². The van der Waals surface area contributed by atoms with Gasteiger partial charge in [0.15, 0.2) is 18.2 Å². The van der Waals surface area contributed by atoms with E-state index in [1.54, 1.807) is 17.9 Å². The Labute approximate surface area is 321 Å². The topological polar surface area (TPSA) is 124 Å². The highest BCUT2D eigenvalue weighted by Crippen LogP contribution is 2.47. The molecule has 4 fully saturated rings.